The van der Waals surface area contributed by atoms with E-state index in [0.717, 1.165) is 18.4 Å². The number of anilines is 1. The Balaban J connectivity index is 2.16. The molecule has 5 nitrogen and oxygen atoms in total. The van der Waals surface area contributed by atoms with E-state index < -0.39 is 26.3 Å². The van der Waals surface area contributed by atoms with E-state index in [0.29, 0.717) is 12.2 Å². The summed E-state index contributed by atoms with van der Waals surface area (Å²) in [5, 5.41) is 12.3. The first-order chi connectivity index (χ1) is 13.2. The molecule has 2 aromatic rings. The lowest BCUT2D eigenvalue weighted by molar-refractivity contribution is 0.497. The maximum absolute atomic E-state index is 14.3. The highest BCUT2D eigenvalue weighted by atomic mass is 35.5. The van der Waals surface area contributed by atoms with Gasteiger partial charge in [-0.05, 0) is 37.2 Å². The molecule has 0 saturated carbocycles. The second-order valence-corrected chi connectivity index (χ2v) is 9.45. The van der Waals surface area contributed by atoms with Crippen LogP contribution in [0.15, 0.2) is 36.4 Å². The van der Waals surface area contributed by atoms with Crippen molar-refractivity contribution in [2.75, 3.05) is 24.2 Å². The van der Waals surface area contributed by atoms with E-state index in [4.69, 9.17) is 16.9 Å². The zero-order valence-electron chi connectivity index (χ0n) is 15.0. The van der Waals surface area contributed by atoms with Crippen molar-refractivity contribution in [1.82, 2.24) is 5.32 Å². The van der Waals surface area contributed by atoms with E-state index in [1.54, 1.807) is 11.0 Å². The number of sulfone groups is 1. The van der Waals surface area contributed by atoms with E-state index in [9.17, 15) is 17.2 Å². The minimum atomic E-state index is -3.62. The Morgan fingerprint density at radius 1 is 1.29 bits per heavy atom. The van der Waals surface area contributed by atoms with Crippen molar-refractivity contribution in [2.24, 2.45) is 0 Å². The molecular formula is C19H18ClF2N3O2S. The van der Waals surface area contributed by atoms with E-state index in [1.165, 1.54) is 18.2 Å². The van der Waals surface area contributed by atoms with Crippen LogP contribution in [0.5, 0.6) is 0 Å². The topological polar surface area (TPSA) is 73.2 Å². The van der Waals surface area contributed by atoms with Crippen molar-refractivity contribution in [3.8, 4) is 6.07 Å². The van der Waals surface area contributed by atoms with Gasteiger partial charge in [0.2, 0.25) is 0 Å². The van der Waals surface area contributed by atoms with Crippen molar-refractivity contribution in [3.05, 3.63) is 64.2 Å². The molecule has 1 N–H and O–H groups in total. The maximum Gasteiger partial charge on any atom is 0.172 e. The predicted octanol–water partition coefficient (Wildman–Crippen LogP) is 3.23. The van der Waals surface area contributed by atoms with Gasteiger partial charge in [0.25, 0.3) is 0 Å². The molecular weight excluding hydrogens is 408 g/mol. The molecule has 0 bridgehead atoms. The van der Waals surface area contributed by atoms with Gasteiger partial charge in [0.15, 0.2) is 14.7 Å². The van der Waals surface area contributed by atoms with Crippen LogP contribution in [0.1, 0.15) is 17.5 Å². The lowest BCUT2D eigenvalue weighted by Gasteiger charge is -2.41. The first-order valence-electron chi connectivity index (χ1n) is 8.49. The van der Waals surface area contributed by atoms with E-state index in [1.807, 2.05) is 6.07 Å². The van der Waals surface area contributed by atoms with Crippen LogP contribution in [0.2, 0.25) is 5.02 Å². The number of nitrogens with one attached hydrogen (secondary N) is 1. The maximum atomic E-state index is 14.3. The van der Waals surface area contributed by atoms with Crippen LogP contribution in [0.4, 0.5) is 14.5 Å². The third-order valence-corrected chi connectivity index (χ3v) is 7.27. The summed E-state index contributed by atoms with van der Waals surface area (Å²) in [6.07, 6.45) is 1.42. The van der Waals surface area contributed by atoms with Gasteiger partial charge in [-0.2, -0.15) is 5.26 Å². The van der Waals surface area contributed by atoms with Crippen LogP contribution in [-0.2, 0) is 16.4 Å². The Morgan fingerprint density at radius 2 is 2.04 bits per heavy atom. The summed E-state index contributed by atoms with van der Waals surface area (Å²) in [7, 11) is -3.62. The van der Waals surface area contributed by atoms with Gasteiger partial charge < -0.3 is 10.2 Å². The summed E-state index contributed by atoms with van der Waals surface area (Å²) in [4.78, 5) is 0.233. The molecule has 1 aliphatic rings. The molecule has 28 heavy (non-hydrogen) atoms. The van der Waals surface area contributed by atoms with Gasteiger partial charge in [0.1, 0.15) is 17.7 Å². The molecule has 148 valence electrons. The molecule has 1 aliphatic heterocycles. The summed E-state index contributed by atoms with van der Waals surface area (Å²) >= 11 is 6.16. The number of nitrogens with zero attached hydrogens (tertiary/aromatic N) is 2. The average Bonchev–Trinajstić information content (AvgIpc) is 3.12. The molecule has 0 unspecified atom stereocenters. The molecule has 1 saturated heterocycles. The molecule has 9 heteroatoms. The number of hydrogen-bond donors (Lipinski definition) is 1. The monoisotopic (exact) mass is 425 g/mol. The lowest BCUT2D eigenvalue weighted by atomic mass is 10.1. The molecule has 0 spiro atoms. The Labute approximate surface area is 167 Å². The molecule has 0 amide bonds. The number of benzene rings is 2. The summed E-state index contributed by atoms with van der Waals surface area (Å²) in [5.74, 6) is -1.48. The summed E-state index contributed by atoms with van der Waals surface area (Å²) in [6, 6.07) is 9.70. The largest absolute Gasteiger partial charge is 0.347 e. The Morgan fingerprint density at radius 3 is 2.57 bits per heavy atom. The fraction of sp³-hybridized carbons (Fsp3) is 0.316. The predicted molar refractivity (Wildman–Crippen MR) is 104 cm³/mol. The molecule has 1 fully saturated rings. The minimum Gasteiger partial charge on any atom is -0.347 e. The second-order valence-electron chi connectivity index (χ2n) is 6.74. The Hall–Kier alpha value is -2.21. The summed E-state index contributed by atoms with van der Waals surface area (Å²) < 4.78 is 53.2. The summed E-state index contributed by atoms with van der Waals surface area (Å²) in [5.41, 5.74) is 0.829. The van der Waals surface area contributed by atoms with Gasteiger partial charge in [-0.15, -0.1) is 0 Å². The van der Waals surface area contributed by atoms with Gasteiger partial charge in [-0.3, -0.25) is 0 Å². The Bertz CT molecular complexity index is 1050. The standard InChI is InChI=1S/C19H18ClF2N3O2S/c1-28(26,27)19(6-7-24-12-19)25(11-14-2-4-15(21)8-18(14)22)16-5-3-13(10-23)17(20)9-16/h2-5,8-9,24H,6-7,11-12H2,1H3/t19-/m0/s1. The van der Waals surface area contributed by atoms with Crippen molar-refractivity contribution in [3.63, 3.8) is 0 Å². The molecule has 3 rings (SSSR count). The lowest BCUT2D eigenvalue weighted by Crippen LogP contribution is -2.55. The fourth-order valence-corrected chi connectivity index (χ4v) is 5.08. The third-order valence-electron chi connectivity index (χ3n) is 5.00. The smallest absolute Gasteiger partial charge is 0.172 e. The van der Waals surface area contributed by atoms with Gasteiger partial charge in [0.05, 0.1) is 10.6 Å². The van der Waals surface area contributed by atoms with Crippen LogP contribution < -0.4 is 10.2 Å². The number of rotatable bonds is 5. The first kappa shape index (κ1) is 20.5. The third kappa shape index (κ3) is 3.70. The highest BCUT2D eigenvalue weighted by Gasteiger charge is 2.49. The minimum absolute atomic E-state index is 0.108. The molecule has 0 aliphatic carbocycles. The van der Waals surface area contributed by atoms with Crippen molar-refractivity contribution < 1.29 is 17.2 Å². The first-order valence-corrected chi connectivity index (χ1v) is 10.8. The number of nitriles is 1. The quantitative estimate of drug-likeness (QED) is 0.796. The number of hydrogen-bond acceptors (Lipinski definition) is 5. The van der Waals surface area contributed by atoms with Gasteiger partial charge in [-0.25, -0.2) is 17.2 Å². The number of halogens is 3. The zero-order valence-corrected chi connectivity index (χ0v) is 16.6. The second kappa shape index (κ2) is 7.66. The van der Waals surface area contributed by atoms with Gasteiger partial charge >= 0.3 is 0 Å². The SMILES string of the molecule is CS(=O)(=O)[C@@]1(N(Cc2ccc(F)cc2F)c2ccc(C#N)c(Cl)c2)CCNC1. The average molecular weight is 426 g/mol. The van der Waals surface area contributed by atoms with Crippen molar-refractivity contribution in [1.29, 1.82) is 5.26 Å². The van der Waals surface area contributed by atoms with Crippen molar-refractivity contribution >= 4 is 27.1 Å². The Kier molecular flexibility index (Phi) is 5.62. The van der Waals surface area contributed by atoms with Crippen LogP contribution in [0.3, 0.4) is 0 Å². The van der Waals surface area contributed by atoms with Gasteiger partial charge in [0, 0.05) is 36.7 Å². The van der Waals surface area contributed by atoms with Crippen LogP contribution in [0, 0.1) is 23.0 Å². The summed E-state index contributed by atoms with van der Waals surface area (Å²) in [6.45, 7) is 0.509. The molecule has 1 heterocycles. The van der Waals surface area contributed by atoms with Crippen LogP contribution >= 0.6 is 11.6 Å². The fourth-order valence-electron chi connectivity index (χ4n) is 3.46. The van der Waals surface area contributed by atoms with Crippen LogP contribution in [-0.4, -0.2) is 32.6 Å². The van der Waals surface area contributed by atoms with Gasteiger partial charge in [-0.1, -0.05) is 17.7 Å². The molecule has 0 aromatic heterocycles. The molecule has 0 radical (unpaired) electrons. The van der Waals surface area contributed by atoms with Crippen molar-refractivity contribution in [2.45, 2.75) is 17.8 Å². The van der Waals surface area contributed by atoms with E-state index >= 15 is 0 Å². The molecule has 2 aromatic carbocycles. The zero-order chi connectivity index (χ0) is 20.5. The molecule has 1 atom stereocenters. The van der Waals surface area contributed by atoms with Crippen LogP contribution in [0.25, 0.3) is 0 Å². The normalized spacial score (nSPS) is 19.4. The highest BCUT2D eigenvalue weighted by molar-refractivity contribution is 7.92. The highest BCUT2D eigenvalue weighted by Crippen LogP contribution is 2.37. The van der Waals surface area contributed by atoms with E-state index in [2.05, 4.69) is 5.32 Å². The van der Waals surface area contributed by atoms with E-state index in [-0.39, 0.29) is 35.7 Å².